The van der Waals surface area contributed by atoms with Crippen molar-refractivity contribution in [2.45, 2.75) is 261 Å². The molecule has 8 unspecified atom stereocenters. The van der Waals surface area contributed by atoms with E-state index in [2.05, 4.69) is 345 Å². The van der Waals surface area contributed by atoms with Gasteiger partial charge in [0.25, 0.3) is 0 Å². The van der Waals surface area contributed by atoms with Gasteiger partial charge in [0.1, 0.15) is 35.2 Å². The molecule has 8 bridgehead atoms. The summed E-state index contributed by atoms with van der Waals surface area (Å²) in [5, 5.41) is 0. The van der Waals surface area contributed by atoms with Crippen molar-refractivity contribution in [2.24, 2.45) is 46.1 Å². The van der Waals surface area contributed by atoms with Crippen molar-refractivity contribution in [3.8, 4) is 56.3 Å². The van der Waals surface area contributed by atoms with Crippen molar-refractivity contribution >= 4 is 0 Å². The summed E-state index contributed by atoms with van der Waals surface area (Å²) in [6.07, 6.45) is 25.2. The maximum absolute atomic E-state index is 9.25. The molecule has 0 aliphatic heterocycles. The first-order valence-corrected chi connectivity index (χ1v) is 39.1. The number of nitrogens with zero attached hydrogens (tertiary/aromatic N) is 5. The third kappa shape index (κ3) is 13.2. The predicted octanol–water partition coefficient (Wildman–Crippen LogP) is 24.0. The summed E-state index contributed by atoms with van der Waals surface area (Å²) >= 11 is 0. The molecule has 107 heavy (non-hydrogen) atoms. The van der Waals surface area contributed by atoms with Crippen LogP contribution in [0.1, 0.15) is 291 Å². The number of hydrogen-bond acceptors (Lipinski definition) is 0. The standard InChI is InChI=1S/2C21H26N.C20H26N.2C18H20N.4CH4/c2*1-14-8-6-7-9-15(14)19-12-16-17-10-11-21(4,20(17,2)3)18(16)13-22(19)5;1-14-9-7-8-10-15(14)18-11-16-17(12-21(18)6)20(4,5)13-19(16,2)3;2*1-12-5-3-4-6-15(12)18-10-16-13-7-8-14(9-13)17(16)11-19(18)2;;;;/h2*6-9,12-13,17H,10-11H2,1-5H3;7-12H,13H2,1-6H3;2*3-6,10-11,13-14H,7-9H2,1-2H3;4*1H4/q5*+1;;;;/i17D;;;13D;;;;;. The van der Waals surface area contributed by atoms with E-state index in [0.29, 0.717) is 16.7 Å². The monoisotopic (exact) mass is 1430 g/mol. The Morgan fingerprint density at radius 1 is 0.318 bits per heavy atom. The molecule has 4 saturated carbocycles. The highest BCUT2D eigenvalue weighted by molar-refractivity contribution is 5.68. The fourth-order valence-corrected chi connectivity index (χ4v) is 21.8. The van der Waals surface area contributed by atoms with Gasteiger partial charge in [0.05, 0.1) is 0 Å². The lowest BCUT2D eigenvalue weighted by atomic mass is 9.69. The van der Waals surface area contributed by atoms with E-state index in [1.165, 1.54) is 162 Å². The Balaban J connectivity index is 0.000000134. The summed E-state index contributed by atoms with van der Waals surface area (Å²) in [5.41, 5.74) is 35.9. The highest BCUT2D eigenvalue weighted by Gasteiger charge is 2.62. The summed E-state index contributed by atoms with van der Waals surface area (Å²) in [5.74, 6) is 2.26. The van der Waals surface area contributed by atoms with Gasteiger partial charge in [-0.25, -0.2) is 22.8 Å². The number of hydrogen-bond donors (Lipinski definition) is 0. The Morgan fingerprint density at radius 2 is 0.645 bits per heavy atom. The maximum atomic E-state index is 9.25. The number of benzene rings is 5. The Hall–Kier alpha value is -8.15. The second kappa shape index (κ2) is 29.3. The van der Waals surface area contributed by atoms with Gasteiger partial charge in [0.2, 0.25) is 28.5 Å². The molecule has 0 N–H and O–H groups in total. The lowest BCUT2D eigenvalue weighted by Crippen LogP contribution is -2.36. The minimum atomic E-state index is -0.456. The van der Waals surface area contributed by atoms with Crippen molar-refractivity contribution in [3.05, 3.63) is 266 Å². The molecule has 5 aromatic heterocycles. The van der Waals surface area contributed by atoms with Crippen LogP contribution >= 0.6 is 0 Å². The van der Waals surface area contributed by atoms with Crippen LogP contribution in [0.3, 0.4) is 0 Å². The van der Waals surface area contributed by atoms with Crippen LogP contribution in [-0.2, 0) is 56.9 Å². The van der Waals surface area contributed by atoms with E-state index in [4.69, 9.17) is 1.37 Å². The molecule has 9 aliphatic carbocycles. The van der Waals surface area contributed by atoms with E-state index in [9.17, 15) is 1.37 Å². The van der Waals surface area contributed by atoms with Gasteiger partial charge in [-0.1, -0.05) is 190 Å². The zero-order valence-corrected chi connectivity index (χ0v) is 66.1. The number of fused-ring (bicyclic) bond motifs is 21. The highest BCUT2D eigenvalue weighted by Crippen LogP contribution is 2.69. The molecule has 9 aliphatic rings. The number of aryl methyl sites for hydroxylation is 10. The van der Waals surface area contributed by atoms with Gasteiger partial charge in [0, 0.05) is 99.5 Å². The first-order chi connectivity index (χ1) is 49.6. The Labute approximate surface area is 651 Å². The van der Waals surface area contributed by atoms with Crippen LogP contribution < -0.4 is 22.8 Å². The fourth-order valence-electron chi connectivity index (χ4n) is 21.8. The summed E-state index contributed by atoms with van der Waals surface area (Å²) in [7, 11) is 10.8. The smallest absolute Gasteiger partial charge is 0.201 e. The van der Waals surface area contributed by atoms with E-state index in [1.54, 1.807) is 22.3 Å². The van der Waals surface area contributed by atoms with Crippen molar-refractivity contribution in [1.29, 1.82) is 0 Å². The molecule has 5 nitrogen and oxygen atoms in total. The lowest BCUT2D eigenvalue weighted by Gasteiger charge is -2.34. The minimum absolute atomic E-state index is 0. The average Bonchev–Trinajstić information content (AvgIpc) is 1.51. The Morgan fingerprint density at radius 3 is 1.10 bits per heavy atom. The maximum Gasteiger partial charge on any atom is 0.212 e. The van der Waals surface area contributed by atoms with Crippen LogP contribution in [0, 0.1) is 45.4 Å². The predicted molar refractivity (Wildman–Crippen MR) is 451 cm³/mol. The molecule has 5 aromatic carbocycles. The van der Waals surface area contributed by atoms with E-state index < -0.39 is 5.89 Å². The van der Waals surface area contributed by atoms with E-state index in [-0.39, 0.29) is 57.3 Å². The highest BCUT2D eigenvalue weighted by atomic mass is 15.0. The third-order valence-electron chi connectivity index (χ3n) is 28.5. The number of aromatic nitrogens is 5. The molecular weight excluding hydrogens is 1300 g/mol. The molecule has 0 amide bonds. The van der Waals surface area contributed by atoms with Gasteiger partial charge in [-0.3, -0.25) is 0 Å². The fraction of sp³-hybridized carbons (Fsp3) is 0.461. The summed E-state index contributed by atoms with van der Waals surface area (Å²) in [6.45, 7) is 34.8. The minimum Gasteiger partial charge on any atom is -0.201 e. The molecule has 10 aromatic rings. The van der Waals surface area contributed by atoms with Crippen molar-refractivity contribution in [1.82, 2.24) is 0 Å². The summed E-state index contributed by atoms with van der Waals surface area (Å²) < 4.78 is 29.4. The van der Waals surface area contributed by atoms with Crippen LogP contribution in [0.15, 0.2) is 183 Å². The second-order valence-electron chi connectivity index (χ2n) is 36.0. The SMILES string of the molecule is C.C.C.C.Cc1ccccc1-c1cc2c(c[n+]1C)C(C)(C)CC2(C)C.Cc1ccccc1-c1cc2c(c[n+]1C)C1(C)CCC2C1(C)C.Cc1ccccc1-c1cc2c(c[n+]1C)C1CCC2C1.[2H]C12CCC(C)(c3c[n+](C)c(-c4ccccc4C)cc31)C2(C)C.[2H]C12CCC(C1)c1c[n+](C)c(-c3ccccc3C)cc12. The zero-order valence-electron chi connectivity index (χ0n) is 68.1. The molecule has 562 valence electrons. The molecule has 0 radical (unpaired) electrons. The van der Waals surface area contributed by atoms with Crippen LogP contribution in [0.2, 0.25) is 0 Å². The third-order valence-corrected chi connectivity index (χ3v) is 28.5. The van der Waals surface area contributed by atoms with E-state index >= 15 is 0 Å². The van der Waals surface area contributed by atoms with Gasteiger partial charge in [-0.15, -0.1) is 0 Å². The Kier molecular flexibility index (Phi) is 21.1. The number of rotatable bonds is 5. The lowest BCUT2D eigenvalue weighted by molar-refractivity contribution is -0.661. The van der Waals surface area contributed by atoms with Crippen LogP contribution in [-0.4, -0.2) is 0 Å². The summed E-state index contributed by atoms with van der Waals surface area (Å²) in [4.78, 5) is 0. The average molecular weight is 1430 g/mol. The summed E-state index contributed by atoms with van der Waals surface area (Å²) in [6, 6.07) is 55.1. The van der Waals surface area contributed by atoms with Crippen LogP contribution in [0.4, 0.5) is 0 Å². The van der Waals surface area contributed by atoms with E-state index in [1.807, 2.05) is 0 Å². The normalized spacial score (nSPS) is 25.2. The van der Waals surface area contributed by atoms with E-state index in [0.717, 1.165) is 43.4 Å². The zero-order chi connectivity index (χ0) is 74.6. The van der Waals surface area contributed by atoms with Crippen LogP contribution in [0.5, 0.6) is 0 Å². The Bertz CT molecular complexity index is 5150. The molecule has 5 heterocycles. The molecule has 8 atom stereocenters. The van der Waals surface area contributed by atoms with Crippen molar-refractivity contribution < 1.29 is 25.6 Å². The first-order valence-electron chi connectivity index (χ1n) is 40.1. The molecular formula is C102H134N5+5. The topological polar surface area (TPSA) is 19.4 Å². The molecule has 5 heteroatoms. The van der Waals surface area contributed by atoms with Gasteiger partial charge in [-0.05, 0) is 248 Å². The molecule has 4 fully saturated rings. The molecule has 19 rings (SSSR count). The molecule has 0 saturated heterocycles. The number of pyridine rings is 5. The first kappa shape index (κ1) is 77.0. The van der Waals surface area contributed by atoms with Gasteiger partial charge in [-0.2, -0.15) is 0 Å². The van der Waals surface area contributed by atoms with Gasteiger partial charge < -0.3 is 0 Å². The van der Waals surface area contributed by atoms with Crippen LogP contribution in [0.25, 0.3) is 56.3 Å². The second-order valence-corrected chi connectivity index (χ2v) is 36.0. The molecule has 0 spiro atoms. The largest absolute Gasteiger partial charge is 0.212 e. The van der Waals surface area contributed by atoms with Crippen molar-refractivity contribution in [2.75, 3.05) is 0 Å². The van der Waals surface area contributed by atoms with Gasteiger partial charge in [0.15, 0.2) is 31.0 Å². The quantitative estimate of drug-likeness (QED) is 0.153. The van der Waals surface area contributed by atoms with Crippen molar-refractivity contribution in [3.63, 3.8) is 0 Å². The van der Waals surface area contributed by atoms with Gasteiger partial charge >= 0.3 is 0 Å².